The van der Waals surface area contributed by atoms with Crippen molar-refractivity contribution in [3.05, 3.63) is 59.2 Å². The Morgan fingerprint density at radius 3 is 2.30 bits per heavy atom. The predicted octanol–water partition coefficient (Wildman–Crippen LogP) is 2.44. The molecule has 1 unspecified atom stereocenters. The molecule has 0 bridgehead atoms. The van der Waals surface area contributed by atoms with Crippen LogP contribution in [0.3, 0.4) is 0 Å². The number of nitrogens with zero attached hydrogens (tertiary/aromatic N) is 1. The second kappa shape index (κ2) is 8.54. The molecule has 2 rings (SSSR count). The Balaban J connectivity index is 2.20. The molecule has 0 heterocycles. The summed E-state index contributed by atoms with van der Waals surface area (Å²) in [7, 11) is 1.79. The van der Waals surface area contributed by atoms with Crippen LogP contribution in [0.5, 0.6) is 5.75 Å². The summed E-state index contributed by atoms with van der Waals surface area (Å²) in [6.45, 7) is 2.42. The molecule has 1 atom stereocenters. The second-order valence-corrected chi connectivity index (χ2v) is 8.72. The Morgan fingerprint density at radius 2 is 1.78 bits per heavy atom. The second-order valence-electron chi connectivity index (χ2n) is 6.74. The van der Waals surface area contributed by atoms with Crippen LogP contribution >= 0.6 is 0 Å². The van der Waals surface area contributed by atoms with Crippen LogP contribution in [0.25, 0.3) is 0 Å². The number of amides is 1. The van der Waals surface area contributed by atoms with Gasteiger partial charge in [-0.1, -0.05) is 29.8 Å². The molecule has 7 heteroatoms. The fourth-order valence-corrected chi connectivity index (χ4v) is 3.64. The number of ether oxygens (including phenoxy) is 1. The van der Waals surface area contributed by atoms with Gasteiger partial charge in [0.05, 0.1) is 13.2 Å². The predicted molar refractivity (Wildman–Crippen MR) is 106 cm³/mol. The molecular formula is C20H26N2O4S. The zero-order chi connectivity index (χ0) is 20.2. The van der Waals surface area contributed by atoms with Crippen molar-refractivity contribution in [1.82, 2.24) is 10.2 Å². The first-order valence-electron chi connectivity index (χ1n) is 8.52. The Labute approximate surface area is 161 Å². The fourth-order valence-electron chi connectivity index (χ4n) is 2.79. The van der Waals surface area contributed by atoms with Crippen molar-refractivity contribution in [1.29, 1.82) is 0 Å². The van der Waals surface area contributed by atoms with Crippen LogP contribution in [0.15, 0.2) is 47.4 Å². The van der Waals surface area contributed by atoms with Crippen molar-refractivity contribution >= 4 is 15.7 Å². The largest absolute Gasteiger partial charge is 0.495 e. The molecule has 0 spiro atoms. The van der Waals surface area contributed by atoms with Gasteiger partial charge in [0, 0.05) is 18.4 Å². The van der Waals surface area contributed by atoms with E-state index in [2.05, 4.69) is 5.32 Å². The van der Waals surface area contributed by atoms with Crippen molar-refractivity contribution in [3.8, 4) is 5.75 Å². The maximum Gasteiger partial charge on any atom is 0.251 e. The van der Waals surface area contributed by atoms with Crippen LogP contribution in [0.1, 0.15) is 27.5 Å². The van der Waals surface area contributed by atoms with Gasteiger partial charge in [-0.15, -0.1) is 0 Å². The highest BCUT2D eigenvalue weighted by molar-refractivity contribution is 7.90. The standard InChI is InChI=1S/C20H26N2O4S/c1-14-6-8-15(9-7-14)17(22(2)3)13-21-20(23)16-10-11-18(26-4)19(12-16)27(5,24)25/h6-12,17H,13H2,1-5H3,(H,21,23). The highest BCUT2D eigenvalue weighted by atomic mass is 32.2. The number of benzene rings is 2. The number of hydrogen-bond acceptors (Lipinski definition) is 5. The molecule has 2 aromatic carbocycles. The van der Waals surface area contributed by atoms with Crippen molar-refractivity contribution in [2.75, 3.05) is 34.0 Å². The quantitative estimate of drug-likeness (QED) is 0.786. The van der Waals surface area contributed by atoms with Gasteiger partial charge in [0.2, 0.25) is 0 Å². The Hall–Kier alpha value is -2.38. The summed E-state index contributed by atoms with van der Waals surface area (Å²) in [5.41, 5.74) is 2.54. The molecule has 0 radical (unpaired) electrons. The molecule has 0 aliphatic rings. The van der Waals surface area contributed by atoms with E-state index in [1.807, 2.05) is 50.2 Å². The minimum absolute atomic E-state index is 0.000319. The molecule has 0 aromatic heterocycles. The van der Waals surface area contributed by atoms with Gasteiger partial charge in [0.1, 0.15) is 10.6 Å². The van der Waals surface area contributed by atoms with Gasteiger partial charge in [0.15, 0.2) is 9.84 Å². The molecule has 0 saturated heterocycles. The van der Waals surface area contributed by atoms with E-state index < -0.39 is 9.84 Å². The zero-order valence-corrected chi connectivity index (χ0v) is 17.1. The lowest BCUT2D eigenvalue weighted by Crippen LogP contribution is -2.34. The van der Waals surface area contributed by atoms with Gasteiger partial charge in [-0.3, -0.25) is 4.79 Å². The maximum atomic E-state index is 12.6. The molecule has 1 amide bonds. The van der Waals surface area contributed by atoms with Crippen molar-refractivity contribution in [2.24, 2.45) is 0 Å². The van der Waals surface area contributed by atoms with Crippen molar-refractivity contribution in [2.45, 2.75) is 17.9 Å². The van der Waals surface area contributed by atoms with Gasteiger partial charge in [-0.25, -0.2) is 8.42 Å². The van der Waals surface area contributed by atoms with Crippen LogP contribution in [-0.4, -0.2) is 53.2 Å². The van der Waals surface area contributed by atoms with E-state index in [0.29, 0.717) is 6.54 Å². The number of aryl methyl sites for hydroxylation is 1. The van der Waals surface area contributed by atoms with Crippen LogP contribution in [0, 0.1) is 6.92 Å². The Bertz CT molecular complexity index is 906. The number of nitrogens with one attached hydrogen (secondary N) is 1. The summed E-state index contributed by atoms with van der Waals surface area (Å²) in [5.74, 6) is -0.110. The molecular weight excluding hydrogens is 364 g/mol. The van der Waals surface area contributed by atoms with E-state index in [1.54, 1.807) is 6.07 Å². The van der Waals surface area contributed by atoms with Crippen LogP contribution < -0.4 is 10.1 Å². The third-order valence-corrected chi connectivity index (χ3v) is 5.48. The lowest BCUT2D eigenvalue weighted by Gasteiger charge is -2.25. The Morgan fingerprint density at radius 1 is 1.15 bits per heavy atom. The summed E-state index contributed by atoms with van der Waals surface area (Å²) in [6, 6.07) is 12.6. The van der Waals surface area contributed by atoms with Gasteiger partial charge >= 0.3 is 0 Å². The molecule has 6 nitrogen and oxygen atoms in total. The smallest absolute Gasteiger partial charge is 0.251 e. The molecule has 0 saturated carbocycles. The topological polar surface area (TPSA) is 75.7 Å². The Kier molecular flexibility index (Phi) is 6.62. The first-order valence-corrected chi connectivity index (χ1v) is 10.4. The zero-order valence-electron chi connectivity index (χ0n) is 16.3. The molecule has 0 aliphatic carbocycles. The monoisotopic (exact) mass is 390 g/mol. The van der Waals surface area contributed by atoms with E-state index in [9.17, 15) is 13.2 Å². The van der Waals surface area contributed by atoms with Crippen molar-refractivity contribution in [3.63, 3.8) is 0 Å². The van der Waals surface area contributed by atoms with E-state index in [1.165, 1.54) is 24.8 Å². The van der Waals surface area contributed by atoms with Gasteiger partial charge < -0.3 is 15.0 Å². The lowest BCUT2D eigenvalue weighted by molar-refractivity contribution is 0.0941. The highest BCUT2D eigenvalue weighted by Gasteiger charge is 2.19. The third-order valence-electron chi connectivity index (χ3n) is 4.37. The maximum absolute atomic E-state index is 12.6. The molecule has 0 aliphatic heterocycles. The summed E-state index contributed by atoms with van der Waals surface area (Å²) < 4.78 is 29.0. The van der Waals surface area contributed by atoms with Crippen LogP contribution in [0.2, 0.25) is 0 Å². The number of rotatable bonds is 7. The highest BCUT2D eigenvalue weighted by Crippen LogP contribution is 2.25. The number of carbonyl (C=O) groups is 1. The molecule has 0 fully saturated rings. The molecule has 27 heavy (non-hydrogen) atoms. The molecule has 146 valence electrons. The van der Waals surface area contributed by atoms with E-state index in [-0.39, 0.29) is 28.2 Å². The van der Waals surface area contributed by atoms with E-state index in [4.69, 9.17) is 4.74 Å². The number of sulfone groups is 1. The minimum Gasteiger partial charge on any atom is -0.495 e. The SMILES string of the molecule is COc1ccc(C(=O)NCC(c2ccc(C)cc2)N(C)C)cc1S(C)(=O)=O. The van der Waals surface area contributed by atoms with Gasteiger partial charge in [0.25, 0.3) is 5.91 Å². The van der Waals surface area contributed by atoms with Crippen LogP contribution in [-0.2, 0) is 9.84 Å². The first kappa shape index (κ1) is 20.9. The minimum atomic E-state index is -3.51. The third kappa shape index (κ3) is 5.30. The average molecular weight is 391 g/mol. The van der Waals surface area contributed by atoms with Gasteiger partial charge in [-0.2, -0.15) is 0 Å². The summed E-state index contributed by atoms with van der Waals surface area (Å²) >= 11 is 0. The summed E-state index contributed by atoms with van der Waals surface area (Å²) in [6.07, 6.45) is 1.09. The van der Waals surface area contributed by atoms with Gasteiger partial charge in [-0.05, 0) is 44.8 Å². The number of likely N-dealkylation sites (N-methyl/N-ethyl adjacent to an activating group) is 1. The molecule has 2 aromatic rings. The van der Waals surface area contributed by atoms with E-state index in [0.717, 1.165) is 11.8 Å². The average Bonchev–Trinajstić information content (AvgIpc) is 2.61. The fraction of sp³-hybridized carbons (Fsp3) is 0.350. The first-order chi connectivity index (χ1) is 12.6. The van der Waals surface area contributed by atoms with Crippen LogP contribution in [0.4, 0.5) is 0 Å². The number of hydrogen-bond donors (Lipinski definition) is 1. The normalized spacial score (nSPS) is 12.7. The summed E-state index contributed by atoms with van der Waals surface area (Å²) in [5, 5.41) is 2.89. The van der Waals surface area contributed by atoms with E-state index >= 15 is 0 Å². The number of methoxy groups -OCH3 is 1. The number of carbonyl (C=O) groups excluding carboxylic acids is 1. The molecule has 1 N–H and O–H groups in total. The lowest BCUT2D eigenvalue weighted by atomic mass is 10.0. The van der Waals surface area contributed by atoms with Crippen molar-refractivity contribution < 1.29 is 17.9 Å². The summed E-state index contributed by atoms with van der Waals surface area (Å²) in [4.78, 5) is 14.6.